The van der Waals surface area contributed by atoms with Gasteiger partial charge in [0.1, 0.15) is 5.75 Å². The van der Waals surface area contributed by atoms with Crippen molar-refractivity contribution < 1.29 is 28.2 Å². The lowest BCUT2D eigenvalue weighted by Gasteiger charge is -2.23. The third-order valence-corrected chi connectivity index (χ3v) is 7.75. The molecule has 2 heterocycles. The predicted octanol–water partition coefficient (Wildman–Crippen LogP) is 5.27. The van der Waals surface area contributed by atoms with Crippen LogP contribution in [0.15, 0.2) is 66.9 Å². The Morgan fingerprint density at radius 3 is 2.56 bits per heavy atom. The van der Waals surface area contributed by atoms with Gasteiger partial charge in [-0.25, -0.2) is 4.39 Å². The van der Waals surface area contributed by atoms with Gasteiger partial charge in [0.2, 0.25) is 0 Å². The van der Waals surface area contributed by atoms with Gasteiger partial charge in [-0.1, -0.05) is 29.8 Å². The average molecular weight is 607 g/mol. The largest absolute Gasteiger partial charge is 0.493 e. The number of nitrogens with one attached hydrogen (secondary N) is 1. The Morgan fingerprint density at radius 2 is 1.84 bits per heavy atom. The number of piperidine rings is 1. The lowest BCUT2D eigenvalue weighted by Crippen LogP contribution is -2.41. The minimum absolute atomic E-state index is 0.0575. The lowest BCUT2D eigenvalue weighted by molar-refractivity contribution is -0.135. The second-order valence-corrected chi connectivity index (χ2v) is 10.6. The number of hydrogen-bond acceptors (Lipinski definition) is 7. The number of primary amides is 1. The first-order valence-electron chi connectivity index (χ1n) is 14.0. The molecule has 1 aliphatic rings. The fraction of sp³-hybridized carbons (Fsp3) is 0.281. The normalized spacial score (nSPS) is 13.5. The summed E-state index contributed by atoms with van der Waals surface area (Å²) in [6.45, 7) is 2.59. The van der Waals surface area contributed by atoms with Crippen LogP contribution in [-0.2, 0) is 16.0 Å². The first-order valence-corrected chi connectivity index (χ1v) is 14.3. The fourth-order valence-corrected chi connectivity index (χ4v) is 5.25. The van der Waals surface area contributed by atoms with Crippen molar-refractivity contribution in [3.63, 3.8) is 0 Å². The summed E-state index contributed by atoms with van der Waals surface area (Å²) in [4.78, 5) is 30.0. The zero-order chi connectivity index (χ0) is 30.3. The second-order valence-electron chi connectivity index (χ2n) is 10.2. The van der Waals surface area contributed by atoms with Crippen molar-refractivity contribution in [2.75, 3.05) is 38.3 Å². The summed E-state index contributed by atoms with van der Waals surface area (Å²) in [5, 5.41) is 4.47. The zero-order valence-electron chi connectivity index (χ0n) is 23.6. The molecule has 9 nitrogen and oxygen atoms in total. The van der Waals surface area contributed by atoms with Crippen LogP contribution in [0.25, 0.3) is 10.9 Å². The highest BCUT2D eigenvalue weighted by Gasteiger charge is 2.23. The number of carbonyl (C=O) groups is 2. The number of ether oxygens (including phenoxy) is 3. The van der Waals surface area contributed by atoms with Crippen LogP contribution >= 0.6 is 11.6 Å². The topological polar surface area (TPSA) is 116 Å². The van der Waals surface area contributed by atoms with Crippen LogP contribution < -0.4 is 30.2 Å². The van der Waals surface area contributed by atoms with Crippen molar-refractivity contribution in [2.24, 2.45) is 11.7 Å². The molecule has 0 radical (unpaired) electrons. The maximum absolute atomic E-state index is 15.4. The maximum Gasteiger partial charge on any atom is 0.316 e. The molecule has 224 valence electrons. The molecule has 0 aliphatic carbocycles. The summed E-state index contributed by atoms with van der Waals surface area (Å²) in [6.07, 6.45) is 3.99. The van der Waals surface area contributed by atoms with Crippen LogP contribution in [0, 0.1) is 11.7 Å². The Bertz CT molecular complexity index is 1630. The number of amides is 2. The molecule has 43 heavy (non-hydrogen) atoms. The predicted molar refractivity (Wildman–Crippen MR) is 163 cm³/mol. The van der Waals surface area contributed by atoms with E-state index >= 15 is 4.39 Å². The molecular weight excluding hydrogens is 575 g/mol. The van der Waals surface area contributed by atoms with Crippen molar-refractivity contribution in [1.82, 2.24) is 10.3 Å². The number of hydrogen-bond donors (Lipinski definition) is 2. The molecule has 0 spiro atoms. The number of nitrogens with zero attached hydrogens (tertiary/aromatic N) is 2. The van der Waals surface area contributed by atoms with Gasteiger partial charge in [-0.05, 0) is 74.2 Å². The fourth-order valence-electron chi connectivity index (χ4n) is 5.02. The molecule has 1 saturated heterocycles. The molecule has 3 N–H and O–H groups in total. The number of pyridine rings is 1. The number of benzene rings is 3. The van der Waals surface area contributed by atoms with E-state index in [1.165, 1.54) is 12.1 Å². The summed E-state index contributed by atoms with van der Waals surface area (Å²) < 4.78 is 33.1. The molecule has 5 rings (SSSR count). The summed E-state index contributed by atoms with van der Waals surface area (Å²) in [5.41, 5.74) is 6.80. The van der Waals surface area contributed by atoms with Gasteiger partial charge in [0.15, 0.2) is 23.1 Å². The van der Waals surface area contributed by atoms with Gasteiger partial charge in [-0.3, -0.25) is 14.6 Å². The van der Waals surface area contributed by atoms with Crippen molar-refractivity contribution in [3.8, 4) is 23.0 Å². The van der Waals surface area contributed by atoms with E-state index in [4.69, 9.17) is 31.5 Å². The van der Waals surface area contributed by atoms with Crippen molar-refractivity contribution in [3.05, 3.63) is 83.3 Å². The maximum atomic E-state index is 15.4. The zero-order valence-corrected chi connectivity index (χ0v) is 24.4. The van der Waals surface area contributed by atoms with Crippen molar-refractivity contribution in [1.29, 1.82) is 0 Å². The first-order chi connectivity index (χ1) is 20.8. The molecule has 0 saturated carbocycles. The third kappa shape index (κ3) is 7.15. The quantitative estimate of drug-likeness (QED) is 0.236. The number of aromatic nitrogens is 1. The number of nitrogens with two attached hydrogens (primary N) is 1. The highest BCUT2D eigenvalue weighted by Crippen LogP contribution is 2.38. The number of anilines is 1. The van der Waals surface area contributed by atoms with E-state index in [1.54, 1.807) is 43.6 Å². The first kappa shape index (κ1) is 30.1. The van der Waals surface area contributed by atoms with E-state index in [-0.39, 0.29) is 18.0 Å². The molecule has 1 aliphatic heterocycles. The molecule has 1 aromatic heterocycles. The number of fused-ring (bicyclic) bond motifs is 1. The minimum atomic E-state index is -1.16. The molecule has 2 amide bonds. The molecule has 4 aromatic rings. The van der Waals surface area contributed by atoms with Gasteiger partial charge in [0.05, 0.1) is 19.2 Å². The van der Waals surface area contributed by atoms with Crippen molar-refractivity contribution in [2.45, 2.75) is 19.3 Å². The highest BCUT2D eigenvalue weighted by atomic mass is 35.5. The van der Waals surface area contributed by atoms with Crippen molar-refractivity contribution >= 4 is 40.0 Å². The minimum Gasteiger partial charge on any atom is -0.493 e. The Morgan fingerprint density at radius 1 is 1.05 bits per heavy atom. The van der Waals surface area contributed by atoms with Crippen LogP contribution in [0.5, 0.6) is 23.0 Å². The van der Waals surface area contributed by atoms with E-state index in [2.05, 4.69) is 10.3 Å². The van der Waals surface area contributed by atoms with Crippen LogP contribution in [0.1, 0.15) is 18.4 Å². The molecular formula is C32H32ClFN4O5. The van der Waals surface area contributed by atoms with Gasteiger partial charge in [0, 0.05) is 41.0 Å². The van der Waals surface area contributed by atoms with E-state index in [9.17, 15) is 9.59 Å². The van der Waals surface area contributed by atoms with E-state index in [0.717, 1.165) is 42.5 Å². The van der Waals surface area contributed by atoms with Crippen LogP contribution in [-0.4, -0.2) is 50.1 Å². The van der Waals surface area contributed by atoms with E-state index < -0.39 is 17.6 Å². The van der Waals surface area contributed by atoms with Crippen LogP contribution in [0.2, 0.25) is 5.02 Å². The summed E-state index contributed by atoms with van der Waals surface area (Å²) in [7, 11) is 1.55. The Kier molecular flexibility index (Phi) is 9.58. The van der Waals surface area contributed by atoms with Crippen LogP contribution in [0.3, 0.4) is 0 Å². The Labute approximate surface area is 253 Å². The summed E-state index contributed by atoms with van der Waals surface area (Å²) >= 11 is 6.24. The Balaban J connectivity index is 1.37. The molecule has 0 unspecified atom stereocenters. The lowest BCUT2D eigenvalue weighted by atomic mass is 9.99. The standard InChI is InChI=1S/C32H32ClFN4O5/c1-41-29-17-23-26(18-30(29)42-19-20-8-12-36-13-9-20)37-14-10-27(23)43-28-7-6-22(16-25(28)34)38(32(40)31(35)39)15-11-21-4-2-3-5-24(21)33/h2-7,10,14,16-18,20,36H,8-9,11-13,15,19H2,1H3,(H2,35,39). The van der Waals surface area contributed by atoms with Gasteiger partial charge in [-0.15, -0.1) is 0 Å². The van der Waals surface area contributed by atoms with Gasteiger partial charge >= 0.3 is 11.8 Å². The molecule has 0 bridgehead atoms. The van der Waals surface area contributed by atoms with Gasteiger partial charge in [-0.2, -0.15) is 0 Å². The number of halogens is 2. The third-order valence-electron chi connectivity index (χ3n) is 7.39. The second kappa shape index (κ2) is 13.7. The number of rotatable bonds is 10. The SMILES string of the molecule is COc1cc2c(Oc3ccc(N(CCc4ccccc4Cl)C(=O)C(N)=O)cc3F)ccnc2cc1OCC1CCNCC1. The summed E-state index contributed by atoms with van der Waals surface area (Å²) in [6, 6.07) is 16.3. The molecule has 0 atom stereocenters. The smallest absolute Gasteiger partial charge is 0.316 e. The highest BCUT2D eigenvalue weighted by molar-refractivity contribution is 6.39. The van der Waals surface area contributed by atoms with Gasteiger partial charge < -0.3 is 30.2 Å². The number of carbonyl (C=O) groups excluding carboxylic acids is 2. The molecule has 3 aromatic carbocycles. The van der Waals surface area contributed by atoms with Crippen LogP contribution in [0.4, 0.5) is 10.1 Å². The molecule has 11 heteroatoms. The van der Waals surface area contributed by atoms with E-state index in [0.29, 0.717) is 52.1 Å². The monoisotopic (exact) mass is 606 g/mol. The summed E-state index contributed by atoms with van der Waals surface area (Å²) in [5.74, 6) is -1.06. The van der Waals surface area contributed by atoms with E-state index in [1.807, 2.05) is 12.1 Å². The Hall–Kier alpha value is -4.41. The average Bonchev–Trinajstić information content (AvgIpc) is 3.02. The van der Waals surface area contributed by atoms with Gasteiger partial charge in [0.25, 0.3) is 0 Å². The molecule has 1 fully saturated rings. The number of methoxy groups -OCH3 is 1.